The lowest BCUT2D eigenvalue weighted by Gasteiger charge is -2.34. The fourth-order valence-corrected chi connectivity index (χ4v) is 7.96. The van der Waals surface area contributed by atoms with Crippen molar-refractivity contribution in [2.45, 2.75) is 74.3 Å². The number of carbonyl (C=O) groups is 3. The molecule has 2 unspecified atom stereocenters. The van der Waals surface area contributed by atoms with Gasteiger partial charge in [-0.05, 0) is 39.0 Å². The third-order valence-corrected chi connectivity index (χ3v) is 8.93. The Labute approximate surface area is 177 Å². The fourth-order valence-electron chi connectivity index (χ4n) is 5.60. The van der Waals surface area contributed by atoms with E-state index in [1.54, 1.807) is 23.7 Å². The lowest BCUT2D eigenvalue weighted by molar-refractivity contribution is -0.140. The molecule has 3 fully saturated rings. The maximum Gasteiger partial charge on any atom is 0.244 e. The Hall–Kier alpha value is -1.28. The van der Waals surface area contributed by atoms with Gasteiger partial charge in [-0.1, -0.05) is 19.8 Å². The highest BCUT2D eigenvalue weighted by atomic mass is 32.2. The molecule has 0 saturated carbocycles. The molecule has 0 radical (unpaired) electrons. The van der Waals surface area contributed by atoms with Gasteiger partial charge in [-0.3, -0.25) is 14.4 Å². The lowest BCUT2D eigenvalue weighted by atomic mass is 9.66. The van der Waals surface area contributed by atoms with Gasteiger partial charge in [-0.25, -0.2) is 0 Å². The van der Waals surface area contributed by atoms with Gasteiger partial charge in [0.15, 0.2) is 0 Å². The number of unbranched alkanes of at least 4 members (excludes halogenated alkanes) is 3. The molecule has 164 valence electrons. The van der Waals surface area contributed by atoms with E-state index in [9.17, 15) is 14.4 Å². The first-order valence-electron chi connectivity index (χ1n) is 11.0. The molecular formula is C21H35N3O4S. The van der Waals surface area contributed by atoms with E-state index in [1.165, 1.54) is 0 Å². The fraction of sp³-hybridized carbons (Fsp3) is 0.857. The summed E-state index contributed by atoms with van der Waals surface area (Å²) in [6.07, 6.45) is 5.93. The molecule has 5 atom stereocenters. The lowest BCUT2D eigenvalue weighted by Crippen LogP contribution is -2.54. The molecule has 3 amide bonds. The number of fused-ring (bicyclic) bond motifs is 1. The highest BCUT2D eigenvalue weighted by Crippen LogP contribution is 2.71. The van der Waals surface area contributed by atoms with Crippen molar-refractivity contribution < 1.29 is 19.5 Å². The number of aliphatic hydroxyl groups is 1. The van der Waals surface area contributed by atoms with E-state index < -0.39 is 22.6 Å². The first-order chi connectivity index (χ1) is 13.9. The molecule has 2 bridgehead atoms. The van der Waals surface area contributed by atoms with Crippen LogP contribution in [-0.2, 0) is 14.4 Å². The summed E-state index contributed by atoms with van der Waals surface area (Å²) in [4.78, 5) is 41.3. The summed E-state index contributed by atoms with van der Waals surface area (Å²) < 4.78 is -0.838. The highest BCUT2D eigenvalue weighted by molar-refractivity contribution is 8.02. The predicted molar refractivity (Wildman–Crippen MR) is 113 cm³/mol. The third-order valence-electron chi connectivity index (χ3n) is 6.94. The van der Waals surface area contributed by atoms with Crippen LogP contribution in [-0.4, -0.2) is 70.0 Å². The van der Waals surface area contributed by atoms with E-state index >= 15 is 0 Å². The van der Waals surface area contributed by atoms with Crippen LogP contribution in [0.2, 0.25) is 0 Å². The summed E-state index contributed by atoms with van der Waals surface area (Å²) in [7, 11) is 1.62. The zero-order chi connectivity index (χ0) is 21.2. The molecule has 3 aliphatic heterocycles. The summed E-state index contributed by atoms with van der Waals surface area (Å²) in [5.74, 6) is -1.11. The summed E-state index contributed by atoms with van der Waals surface area (Å²) in [6, 6.07) is -0.540. The maximum atomic E-state index is 13.5. The van der Waals surface area contributed by atoms with Gasteiger partial charge >= 0.3 is 0 Å². The SMILES string of the molecule is CCCCCNC(=O)C1N(CCCCO)C(=O)[C@@H]2[C@H](C(=O)NC)[C@]3(C)CCC12S3. The number of nitrogens with zero attached hydrogens (tertiary/aromatic N) is 1. The molecule has 0 aromatic rings. The summed E-state index contributed by atoms with van der Waals surface area (Å²) in [5, 5.41) is 15.0. The van der Waals surface area contributed by atoms with Crippen molar-refractivity contribution >= 4 is 29.5 Å². The number of hydrogen-bond donors (Lipinski definition) is 3. The van der Waals surface area contributed by atoms with E-state index in [4.69, 9.17) is 5.11 Å². The van der Waals surface area contributed by atoms with Crippen LogP contribution in [0.15, 0.2) is 0 Å². The van der Waals surface area contributed by atoms with Gasteiger partial charge in [0.25, 0.3) is 0 Å². The minimum Gasteiger partial charge on any atom is -0.396 e. The Kier molecular flexibility index (Phi) is 6.83. The van der Waals surface area contributed by atoms with Gasteiger partial charge in [0.2, 0.25) is 17.7 Å². The van der Waals surface area contributed by atoms with Crippen LogP contribution in [0.5, 0.6) is 0 Å². The van der Waals surface area contributed by atoms with Gasteiger partial charge in [0.1, 0.15) is 6.04 Å². The minimum absolute atomic E-state index is 0.0676. The van der Waals surface area contributed by atoms with E-state index in [0.717, 1.165) is 32.1 Å². The largest absolute Gasteiger partial charge is 0.396 e. The average molecular weight is 426 g/mol. The molecule has 3 aliphatic rings. The number of amides is 3. The van der Waals surface area contributed by atoms with Crippen LogP contribution in [0.25, 0.3) is 0 Å². The van der Waals surface area contributed by atoms with Crippen molar-refractivity contribution in [1.29, 1.82) is 0 Å². The molecular weight excluding hydrogens is 390 g/mol. The van der Waals surface area contributed by atoms with E-state index in [1.807, 2.05) is 0 Å². The standard InChI is InChI=1S/C21H35N3O4S/c1-4-5-6-11-23-18(27)16-21-10-9-20(2,29-21)14(17(26)22-3)15(21)19(28)24(16)12-7-8-13-25/h14-16,25H,4-13H2,1-3H3,(H,22,26)(H,23,27)/t14-,15+,16?,20+,21?/m1/s1. The van der Waals surface area contributed by atoms with E-state index in [0.29, 0.717) is 25.9 Å². The Bertz CT molecular complexity index is 660. The molecule has 0 aliphatic carbocycles. The van der Waals surface area contributed by atoms with Crippen LogP contribution in [0.4, 0.5) is 0 Å². The topological polar surface area (TPSA) is 98.7 Å². The smallest absolute Gasteiger partial charge is 0.244 e. The molecule has 7 nitrogen and oxygen atoms in total. The molecule has 0 aromatic carbocycles. The van der Waals surface area contributed by atoms with E-state index in [2.05, 4.69) is 24.5 Å². The van der Waals surface area contributed by atoms with Crippen LogP contribution in [0.1, 0.15) is 58.8 Å². The predicted octanol–water partition coefficient (Wildman–Crippen LogP) is 1.29. The first-order valence-corrected chi connectivity index (χ1v) is 11.8. The van der Waals surface area contributed by atoms with Crippen LogP contribution >= 0.6 is 11.8 Å². The Morgan fingerprint density at radius 2 is 1.97 bits per heavy atom. The van der Waals surface area contributed by atoms with Crippen molar-refractivity contribution in [2.24, 2.45) is 11.8 Å². The summed E-state index contributed by atoms with van der Waals surface area (Å²) in [5.41, 5.74) is 0. The molecule has 3 saturated heterocycles. The second-order valence-electron chi connectivity index (χ2n) is 8.80. The Morgan fingerprint density at radius 1 is 1.21 bits per heavy atom. The van der Waals surface area contributed by atoms with Crippen LogP contribution in [0, 0.1) is 11.8 Å². The van der Waals surface area contributed by atoms with Crippen molar-refractivity contribution in [3.05, 3.63) is 0 Å². The van der Waals surface area contributed by atoms with Gasteiger partial charge in [-0.2, -0.15) is 0 Å². The van der Waals surface area contributed by atoms with E-state index in [-0.39, 0.29) is 29.1 Å². The maximum absolute atomic E-state index is 13.5. The van der Waals surface area contributed by atoms with Crippen LogP contribution < -0.4 is 10.6 Å². The summed E-state index contributed by atoms with van der Waals surface area (Å²) in [6.45, 7) is 5.32. The monoisotopic (exact) mass is 425 g/mol. The highest BCUT2D eigenvalue weighted by Gasteiger charge is 2.76. The van der Waals surface area contributed by atoms with Gasteiger partial charge in [-0.15, -0.1) is 11.8 Å². The van der Waals surface area contributed by atoms with Crippen molar-refractivity contribution in [2.75, 3.05) is 26.7 Å². The zero-order valence-electron chi connectivity index (χ0n) is 17.8. The first kappa shape index (κ1) is 22.4. The molecule has 3 N–H and O–H groups in total. The number of thioether (sulfide) groups is 1. The second-order valence-corrected chi connectivity index (χ2v) is 10.7. The molecule has 3 heterocycles. The molecule has 0 aromatic heterocycles. The number of likely N-dealkylation sites (tertiary alicyclic amines) is 1. The molecule has 29 heavy (non-hydrogen) atoms. The van der Waals surface area contributed by atoms with Crippen LogP contribution in [0.3, 0.4) is 0 Å². The molecule has 1 spiro atoms. The van der Waals surface area contributed by atoms with Gasteiger partial charge in [0, 0.05) is 31.5 Å². The van der Waals surface area contributed by atoms with Crippen molar-refractivity contribution in [3.63, 3.8) is 0 Å². The van der Waals surface area contributed by atoms with Crippen molar-refractivity contribution in [1.82, 2.24) is 15.5 Å². The molecule has 8 heteroatoms. The number of carbonyl (C=O) groups excluding carboxylic acids is 3. The number of nitrogens with one attached hydrogen (secondary N) is 2. The quantitative estimate of drug-likeness (QED) is 0.458. The minimum atomic E-state index is -0.540. The normalized spacial score (nSPS) is 35.1. The average Bonchev–Trinajstić information content (AvgIpc) is 3.26. The number of rotatable bonds is 10. The van der Waals surface area contributed by atoms with Gasteiger partial charge in [0.05, 0.1) is 16.6 Å². The Morgan fingerprint density at radius 3 is 2.62 bits per heavy atom. The second kappa shape index (κ2) is 8.84. The number of hydrogen-bond acceptors (Lipinski definition) is 5. The zero-order valence-corrected chi connectivity index (χ0v) is 18.6. The van der Waals surface area contributed by atoms with Crippen molar-refractivity contribution in [3.8, 4) is 0 Å². The van der Waals surface area contributed by atoms with Gasteiger partial charge < -0.3 is 20.6 Å². The summed E-state index contributed by atoms with van der Waals surface area (Å²) >= 11 is 1.70. The Balaban J connectivity index is 1.89. The number of aliphatic hydroxyl groups excluding tert-OH is 1. The third kappa shape index (κ3) is 3.67. The molecule has 3 rings (SSSR count).